The van der Waals surface area contributed by atoms with E-state index in [4.69, 9.17) is 32.6 Å². The van der Waals surface area contributed by atoms with Crippen molar-refractivity contribution in [2.45, 2.75) is 29.4 Å². The molecule has 1 amide bonds. The van der Waals surface area contributed by atoms with Crippen LogP contribution in [0.4, 0.5) is 13.2 Å². The van der Waals surface area contributed by atoms with Gasteiger partial charge in [0, 0.05) is 35.4 Å². The van der Waals surface area contributed by atoms with Crippen LogP contribution in [0.25, 0.3) is 10.1 Å². The van der Waals surface area contributed by atoms with Crippen molar-refractivity contribution in [1.82, 2.24) is 9.21 Å². The molecule has 4 rings (SSSR count). The number of nitrogens with zero attached hydrogens (tertiary/aromatic N) is 2. The van der Waals surface area contributed by atoms with E-state index in [0.29, 0.717) is 30.1 Å². The van der Waals surface area contributed by atoms with Gasteiger partial charge in [-0.15, -0.1) is 11.3 Å². The van der Waals surface area contributed by atoms with Gasteiger partial charge in [-0.25, -0.2) is 13.2 Å². The van der Waals surface area contributed by atoms with Crippen LogP contribution in [-0.2, 0) is 26.2 Å². The van der Waals surface area contributed by atoms with Crippen molar-refractivity contribution >= 4 is 60.8 Å². The minimum Gasteiger partial charge on any atom is -0.475 e. The SMILES string of the molecule is CN(C1CCN(Cc2cccc(C(=N)N)c2)C1=O)S(=O)(=O)c1cc2ccc(Cl)cc2s1.O=C(O)C(F)(F)F. The molecule has 15 heteroatoms. The Balaban J connectivity index is 0.000000505. The third-order valence-corrected chi connectivity index (χ3v) is 9.30. The second kappa shape index (κ2) is 11.3. The van der Waals surface area contributed by atoms with Crippen LogP contribution in [0.15, 0.2) is 52.7 Å². The lowest BCUT2D eigenvalue weighted by atomic mass is 10.1. The van der Waals surface area contributed by atoms with E-state index in [2.05, 4.69) is 0 Å². The van der Waals surface area contributed by atoms with Crippen molar-refractivity contribution in [2.24, 2.45) is 5.73 Å². The maximum absolute atomic E-state index is 13.2. The van der Waals surface area contributed by atoms with Gasteiger partial charge in [0.15, 0.2) is 0 Å². The van der Waals surface area contributed by atoms with Crippen molar-refractivity contribution in [3.63, 3.8) is 0 Å². The second-order valence-corrected chi connectivity index (χ2v) is 12.0. The number of amidine groups is 1. The summed E-state index contributed by atoms with van der Waals surface area (Å²) in [5, 5.41) is 16.0. The minimum absolute atomic E-state index is 0.0390. The fourth-order valence-electron chi connectivity index (χ4n) is 3.69. The zero-order valence-electron chi connectivity index (χ0n) is 19.7. The van der Waals surface area contributed by atoms with E-state index in [1.807, 2.05) is 6.07 Å². The highest BCUT2D eigenvalue weighted by Crippen LogP contribution is 2.34. The number of carboxylic acid groups (broad SMARTS) is 1. The number of carboxylic acids is 1. The molecule has 1 saturated heterocycles. The number of rotatable bonds is 6. The van der Waals surface area contributed by atoms with Gasteiger partial charge in [0.2, 0.25) is 5.91 Å². The number of nitrogens with one attached hydrogen (secondary N) is 1. The van der Waals surface area contributed by atoms with Crippen molar-refractivity contribution < 1.29 is 36.3 Å². The highest BCUT2D eigenvalue weighted by molar-refractivity contribution is 7.91. The Kier molecular flexibility index (Phi) is 8.71. The number of carbonyl (C=O) groups is 2. The van der Waals surface area contributed by atoms with Gasteiger partial charge in [-0.05, 0) is 41.6 Å². The molecule has 2 heterocycles. The molecule has 1 aliphatic rings. The molecule has 9 nitrogen and oxygen atoms in total. The number of alkyl halides is 3. The molecule has 1 aromatic heterocycles. The van der Waals surface area contributed by atoms with Crippen LogP contribution >= 0.6 is 22.9 Å². The molecule has 38 heavy (non-hydrogen) atoms. The Hall–Kier alpha value is -3.20. The van der Waals surface area contributed by atoms with E-state index in [0.717, 1.165) is 27.0 Å². The molecule has 0 radical (unpaired) electrons. The summed E-state index contributed by atoms with van der Waals surface area (Å²) in [4.78, 5) is 23.5. The summed E-state index contributed by atoms with van der Waals surface area (Å²) in [5.74, 6) is -3.03. The van der Waals surface area contributed by atoms with Gasteiger partial charge in [0.25, 0.3) is 10.0 Å². The number of likely N-dealkylation sites (N-methyl/N-ethyl adjacent to an activating group) is 1. The number of nitrogen functional groups attached to an aromatic ring is 1. The number of aliphatic carboxylic acids is 1. The number of thiophene rings is 1. The fourth-order valence-corrected chi connectivity index (χ4v) is 6.90. The maximum Gasteiger partial charge on any atom is 0.490 e. The van der Waals surface area contributed by atoms with E-state index < -0.39 is 28.2 Å². The summed E-state index contributed by atoms with van der Waals surface area (Å²) < 4.78 is 60.3. The fraction of sp³-hybridized carbons (Fsp3) is 0.261. The Morgan fingerprint density at radius 2 is 1.92 bits per heavy atom. The van der Waals surface area contributed by atoms with E-state index in [1.54, 1.807) is 47.4 Å². The highest BCUT2D eigenvalue weighted by Gasteiger charge is 2.40. The topological polar surface area (TPSA) is 145 Å². The standard InChI is InChI=1S/C21H21ClN4O3S2.C2HF3O2/c1-25(31(28,29)19-10-14-5-6-16(22)11-18(14)30-19)17-7-8-26(21(17)27)12-13-3-2-4-15(9-13)20(23)24;3-2(4,5)1(6)7/h2-6,9-11,17H,7-8,12H2,1H3,(H3,23,24);(H,6,7). The molecule has 1 aliphatic heterocycles. The van der Waals surface area contributed by atoms with Gasteiger partial charge >= 0.3 is 12.1 Å². The molecule has 1 atom stereocenters. The number of fused-ring (bicyclic) bond motifs is 1. The lowest BCUT2D eigenvalue weighted by Crippen LogP contribution is -2.42. The van der Waals surface area contributed by atoms with Crippen LogP contribution in [0.2, 0.25) is 5.02 Å². The van der Waals surface area contributed by atoms with E-state index in [1.165, 1.54) is 11.4 Å². The number of nitrogens with two attached hydrogens (primary N) is 1. The van der Waals surface area contributed by atoms with Crippen LogP contribution < -0.4 is 5.73 Å². The first-order valence-corrected chi connectivity index (χ1v) is 13.4. The normalized spacial score (nSPS) is 16.0. The molecule has 204 valence electrons. The highest BCUT2D eigenvalue weighted by atomic mass is 35.5. The first-order valence-electron chi connectivity index (χ1n) is 10.8. The summed E-state index contributed by atoms with van der Waals surface area (Å²) in [6.07, 6.45) is -4.67. The lowest BCUT2D eigenvalue weighted by Gasteiger charge is -2.23. The third kappa shape index (κ3) is 6.62. The number of hydrogen-bond acceptors (Lipinski definition) is 6. The number of benzene rings is 2. The molecule has 2 aromatic carbocycles. The van der Waals surface area contributed by atoms with Gasteiger partial charge < -0.3 is 15.7 Å². The number of halogens is 4. The molecule has 1 unspecified atom stereocenters. The van der Waals surface area contributed by atoms with Gasteiger partial charge in [-0.3, -0.25) is 10.2 Å². The summed E-state index contributed by atoms with van der Waals surface area (Å²) in [6.45, 7) is 0.793. The van der Waals surface area contributed by atoms with E-state index >= 15 is 0 Å². The maximum atomic E-state index is 13.2. The molecule has 0 saturated carbocycles. The smallest absolute Gasteiger partial charge is 0.475 e. The van der Waals surface area contributed by atoms with Gasteiger partial charge in [-0.1, -0.05) is 35.9 Å². The first kappa shape index (κ1) is 29.4. The van der Waals surface area contributed by atoms with Crippen LogP contribution in [0.5, 0.6) is 0 Å². The van der Waals surface area contributed by atoms with Gasteiger partial charge in [0.05, 0.1) is 0 Å². The zero-order chi connectivity index (χ0) is 28.4. The lowest BCUT2D eigenvalue weighted by molar-refractivity contribution is -0.192. The van der Waals surface area contributed by atoms with Gasteiger partial charge in [0.1, 0.15) is 16.1 Å². The Morgan fingerprint density at radius 3 is 2.53 bits per heavy atom. The zero-order valence-corrected chi connectivity index (χ0v) is 22.1. The monoisotopic (exact) mass is 590 g/mol. The molecule has 1 fully saturated rings. The summed E-state index contributed by atoms with van der Waals surface area (Å²) in [5.41, 5.74) is 6.97. The van der Waals surface area contributed by atoms with Gasteiger partial charge in [-0.2, -0.15) is 17.5 Å². The van der Waals surface area contributed by atoms with Crippen molar-refractivity contribution in [3.8, 4) is 0 Å². The first-order chi connectivity index (χ1) is 17.6. The number of carbonyl (C=O) groups excluding carboxylic acids is 1. The van der Waals surface area contributed by atoms with Crippen molar-refractivity contribution in [3.05, 3.63) is 64.7 Å². The molecule has 0 spiro atoms. The van der Waals surface area contributed by atoms with Crippen LogP contribution in [0, 0.1) is 5.41 Å². The molecular formula is C23H22ClF3N4O5S2. The largest absolute Gasteiger partial charge is 0.490 e. The minimum atomic E-state index is -5.08. The van der Waals surface area contributed by atoms with Crippen LogP contribution in [0.3, 0.4) is 0 Å². The number of sulfonamides is 1. The van der Waals surface area contributed by atoms with Crippen molar-refractivity contribution in [1.29, 1.82) is 5.41 Å². The second-order valence-electron chi connectivity index (χ2n) is 8.25. The molecule has 0 bridgehead atoms. The average Bonchev–Trinajstić information content (AvgIpc) is 3.42. The summed E-state index contributed by atoms with van der Waals surface area (Å²) >= 11 is 7.16. The average molecular weight is 591 g/mol. The Labute approximate surface area is 224 Å². The summed E-state index contributed by atoms with van der Waals surface area (Å²) in [7, 11) is -2.37. The number of amides is 1. The van der Waals surface area contributed by atoms with E-state index in [9.17, 15) is 26.4 Å². The molecule has 3 aromatic rings. The third-order valence-electron chi connectivity index (χ3n) is 5.65. The number of likely N-dealkylation sites (tertiary alicyclic amines) is 1. The molecular weight excluding hydrogens is 569 g/mol. The van der Waals surface area contributed by atoms with E-state index in [-0.39, 0.29) is 16.0 Å². The Bertz CT molecular complexity index is 1490. The van der Waals surface area contributed by atoms with Crippen LogP contribution in [0.1, 0.15) is 17.5 Å². The number of hydrogen-bond donors (Lipinski definition) is 3. The molecule has 4 N–H and O–H groups in total. The quantitative estimate of drug-likeness (QED) is 0.293. The predicted molar refractivity (Wildman–Crippen MR) is 137 cm³/mol. The predicted octanol–water partition coefficient (Wildman–Crippen LogP) is 3.89. The van der Waals surface area contributed by atoms with Crippen LogP contribution in [-0.4, -0.2) is 66.3 Å². The summed E-state index contributed by atoms with van der Waals surface area (Å²) in [6, 6.07) is 13.2. The van der Waals surface area contributed by atoms with Crippen molar-refractivity contribution in [2.75, 3.05) is 13.6 Å². The Morgan fingerprint density at radius 1 is 1.26 bits per heavy atom. The molecule has 0 aliphatic carbocycles.